The number of hydrogen-bond donors (Lipinski definition) is 1. The van der Waals surface area contributed by atoms with Gasteiger partial charge in [0.1, 0.15) is 11.9 Å². The Bertz CT molecular complexity index is 481. The van der Waals surface area contributed by atoms with Crippen LogP contribution in [0.1, 0.15) is 18.1 Å². The van der Waals surface area contributed by atoms with Crippen molar-refractivity contribution >= 4 is 10.0 Å². The van der Waals surface area contributed by atoms with E-state index in [2.05, 4.69) is 0 Å². The van der Waals surface area contributed by atoms with E-state index in [0.717, 1.165) is 17.7 Å². The van der Waals surface area contributed by atoms with Crippen LogP contribution in [0.25, 0.3) is 0 Å². The Balaban J connectivity index is 2.28. The zero-order valence-corrected chi connectivity index (χ0v) is 9.25. The van der Waals surface area contributed by atoms with Gasteiger partial charge in [-0.15, -0.1) is 0 Å². The molecule has 0 saturated heterocycles. The largest absolute Gasteiger partial charge is 0.490 e. The van der Waals surface area contributed by atoms with Gasteiger partial charge in [-0.2, -0.15) is 0 Å². The summed E-state index contributed by atoms with van der Waals surface area (Å²) in [4.78, 5) is 0. The molecule has 1 unspecified atom stereocenters. The monoisotopic (exact) mass is 227 g/mol. The summed E-state index contributed by atoms with van der Waals surface area (Å²) < 4.78 is 27.3. The van der Waals surface area contributed by atoms with Crippen molar-refractivity contribution in [3.8, 4) is 5.75 Å². The summed E-state index contributed by atoms with van der Waals surface area (Å²) in [5.41, 5.74) is 1.78. The second-order valence-corrected chi connectivity index (χ2v) is 5.50. The third-order valence-electron chi connectivity index (χ3n) is 2.33. The topological polar surface area (TPSA) is 69.4 Å². The van der Waals surface area contributed by atoms with Crippen LogP contribution in [0.5, 0.6) is 5.75 Å². The van der Waals surface area contributed by atoms with Gasteiger partial charge in [0.2, 0.25) is 10.0 Å². The Kier molecular flexibility index (Phi) is 2.44. The smallest absolute Gasteiger partial charge is 0.213 e. The lowest BCUT2D eigenvalue weighted by Crippen LogP contribution is -2.14. The fraction of sp³-hybridized carbons (Fsp3) is 0.400. The van der Waals surface area contributed by atoms with Gasteiger partial charge in [-0.25, -0.2) is 13.6 Å². The van der Waals surface area contributed by atoms with Crippen LogP contribution < -0.4 is 9.88 Å². The third-order valence-corrected chi connectivity index (χ3v) is 3.06. The minimum Gasteiger partial charge on any atom is -0.490 e. The van der Waals surface area contributed by atoms with E-state index in [1.165, 1.54) is 0 Å². The molecule has 1 aromatic rings. The number of fused-ring (bicyclic) bond motifs is 1. The summed E-state index contributed by atoms with van der Waals surface area (Å²) in [5.74, 6) is 0.731. The molecule has 2 N–H and O–H groups in total. The number of hydrogen-bond acceptors (Lipinski definition) is 3. The van der Waals surface area contributed by atoms with Crippen molar-refractivity contribution in [2.75, 3.05) is 0 Å². The number of nitrogens with two attached hydrogens (primary N) is 1. The molecule has 0 amide bonds. The normalized spacial score (nSPS) is 19.7. The molecule has 82 valence electrons. The number of sulfonamides is 1. The van der Waals surface area contributed by atoms with E-state index >= 15 is 0 Å². The maximum absolute atomic E-state index is 10.9. The van der Waals surface area contributed by atoms with Gasteiger partial charge in [-0.05, 0) is 24.1 Å². The minimum absolute atomic E-state index is 0.116. The van der Waals surface area contributed by atoms with Crippen molar-refractivity contribution < 1.29 is 13.2 Å². The van der Waals surface area contributed by atoms with Crippen LogP contribution in [0.2, 0.25) is 0 Å². The number of ether oxygens (including phenoxy) is 1. The highest BCUT2D eigenvalue weighted by Crippen LogP contribution is 2.29. The van der Waals surface area contributed by atoms with E-state index in [-0.39, 0.29) is 11.9 Å². The third kappa shape index (κ3) is 2.49. The standard InChI is InChI=1S/C10H13NO3S/c1-7-4-9-5-8(6-15(11,12)13)2-3-10(9)14-7/h2-3,5,7H,4,6H2,1H3,(H2,11,12,13). The van der Waals surface area contributed by atoms with Gasteiger partial charge >= 0.3 is 0 Å². The molecule has 1 aliphatic heterocycles. The van der Waals surface area contributed by atoms with Gasteiger partial charge < -0.3 is 4.74 Å². The van der Waals surface area contributed by atoms with Gasteiger partial charge in [0.05, 0.1) is 5.75 Å². The molecule has 1 atom stereocenters. The van der Waals surface area contributed by atoms with E-state index in [4.69, 9.17) is 9.88 Å². The van der Waals surface area contributed by atoms with E-state index in [0.29, 0.717) is 5.56 Å². The Labute approximate surface area is 89.1 Å². The van der Waals surface area contributed by atoms with Gasteiger partial charge in [-0.3, -0.25) is 0 Å². The lowest BCUT2D eigenvalue weighted by molar-refractivity contribution is 0.254. The average Bonchev–Trinajstić information content (AvgIpc) is 2.40. The number of rotatable bonds is 2. The molecule has 2 rings (SSSR count). The zero-order chi connectivity index (χ0) is 11.1. The van der Waals surface area contributed by atoms with Crippen molar-refractivity contribution in [3.05, 3.63) is 29.3 Å². The first kappa shape index (κ1) is 10.4. The Hall–Kier alpha value is -1.07. The van der Waals surface area contributed by atoms with Gasteiger partial charge in [0.25, 0.3) is 0 Å². The molecule has 1 aromatic carbocycles. The first-order chi connectivity index (χ1) is 6.94. The van der Waals surface area contributed by atoms with Crippen molar-refractivity contribution in [1.29, 1.82) is 0 Å². The fourth-order valence-corrected chi connectivity index (χ4v) is 2.44. The lowest BCUT2D eigenvalue weighted by Gasteiger charge is -2.03. The van der Waals surface area contributed by atoms with Gasteiger partial charge in [0, 0.05) is 6.42 Å². The van der Waals surface area contributed by atoms with Crippen LogP contribution >= 0.6 is 0 Å². The second-order valence-electron chi connectivity index (χ2n) is 3.88. The maximum Gasteiger partial charge on any atom is 0.213 e. The van der Waals surface area contributed by atoms with Crippen LogP contribution in [-0.2, 0) is 22.2 Å². The van der Waals surface area contributed by atoms with Crippen molar-refractivity contribution in [3.63, 3.8) is 0 Å². The first-order valence-corrected chi connectivity index (χ1v) is 6.44. The molecule has 1 aliphatic rings. The summed E-state index contributed by atoms with van der Waals surface area (Å²) in [6.45, 7) is 1.99. The highest BCUT2D eigenvalue weighted by molar-refractivity contribution is 7.88. The van der Waals surface area contributed by atoms with Crippen molar-refractivity contribution in [2.24, 2.45) is 5.14 Å². The lowest BCUT2D eigenvalue weighted by atomic mass is 10.1. The predicted octanol–water partition coefficient (Wildman–Crippen LogP) is 0.798. The fourth-order valence-electron chi connectivity index (χ4n) is 1.80. The Morgan fingerprint density at radius 3 is 2.93 bits per heavy atom. The molecule has 0 fully saturated rings. The molecule has 0 spiro atoms. The zero-order valence-electron chi connectivity index (χ0n) is 8.43. The molecule has 0 radical (unpaired) electrons. The van der Waals surface area contributed by atoms with Crippen LogP contribution in [-0.4, -0.2) is 14.5 Å². The highest BCUT2D eigenvalue weighted by atomic mass is 32.2. The van der Waals surface area contributed by atoms with Gasteiger partial charge in [0.15, 0.2) is 0 Å². The molecule has 0 bridgehead atoms. The van der Waals surface area contributed by atoms with Gasteiger partial charge in [-0.1, -0.05) is 12.1 Å². The van der Waals surface area contributed by atoms with E-state index < -0.39 is 10.0 Å². The van der Waals surface area contributed by atoms with Crippen LogP contribution in [0.3, 0.4) is 0 Å². The Morgan fingerprint density at radius 1 is 1.53 bits per heavy atom. The summed E-state index contributed by atoms with van der Waals surface area (Å²) >= 11 is 0. The SMILES string of the molecule is CC1Cc2cc(CS(N)(=O)=O)ccc2O1. The Morgan fingerprint density at radius 2 is 2.27 bits per heavy atom. The quantitative estimate of drug-likeness (QED) is 0.812. The highest BCUT2D eigenvalue weighted by Gasteiger charge is 2.19. The van der Waals surface area contributed by atoms with Crippen LogP contribution in [0.15, 0.2) is 18.2 Å². The van der Waals surface area contributed by atoms with E-state index in [1.54, 1.807) is 12.1 Å². The summed E-state index contributed by atoms with van der Waals surface area (Å²) in [7, 11) is -3.45. The molecule has 0 aromatic heterocycles. The number of primary sulfonamides is 1. The summed E-state index contributed by atoms with van der Waals surface area (Å²) in [6.07, 6.45) is 0.998. The molecule has 5 heteroatoms. The van der Waals surface area contributed by atoms with Crippen LogP contribution in [0.4, 0.5) is 0 Å². The summed E-state index contributed by atoms with van der Waals surface area (Å²) in [5, 5.41) is 4.98. The van der Waals surface area contributed by atoms with Crippen LogP contribution in [0, 0.1) is 0 Å². The molecule has 4 nitrogen and oxygen atoms in total. The minimum atomic E-state index is -3.45. The second kappa shape index (κ2) is 3.50. The molecular formula is C10H13NO3S. The molecule has 1 heterocycles. The van der Waals surface area contributed by atoms with E-state index in [1.807, 2.05) is 13.0 Å². The average molecular weight is 227 g/mol. The van der Waals surface area contributed by atoms with E-state index in [9.17, 15) is 8.42 Å². The molecular weight excluding hydrogens is 214 g/mol. The predicted molar refractivity (Wildman–Crippen MR) is 57.0 cm³/mol. The summed E-state index contributed by atoms with van der Waals surface area (Å²) in [6, 6.07) is 5.39. The maximum atomic E-state index is 10.9. The van der Waals surface area contributed by atoms with Crippen molar-refractivity contribution in [1.82, 2.24) is 0 Å². The molecule has 0 saturated carbocycles. The first-order valence-electron chi connectivity index (χ1n) is 4.73. The van der Waals surface area contributed by atoms with Crippen molar-refractivity contribution in [2.45, 2.75) is 25.2 Å². The molecule has 0 aliphatic carbocycles. The number of benzene rings is 1. The molecule has 15 heavy (non-hydrogen) atoms.